The number of unbranched alkanes of at least 4 members (excludes halogenated alkanes) is 1. The monoisotopic (exact) mass is 477 g/mol. The van der Waals surface area contributed by atoms with Crippen LogP contribution in [0.1, 0.15) is 46.0 Å². The summed E-state index contributed by atoms with van der Waals surface area (Å²) in [6.07, 6.45) is 3.82. The number of hydrogen-bond donors (Lipinski definition) is 7. The fourth-order valence-corrected chi connectivity index (χ4v) is 3.36. The lowest BCUT2D eigenvalue weighted by atomic mass is 10.0. The van der Waals surface area contributed by atoms with Gasteiger partial charge in [-0.3, -0.25) is 14.4 Å². The normalized spacial score (nSPS) is 14.8. The summed E-state index contributed by atoms with van der Waals surface area (Å²) >= 11 is 1.45. The van der Waals surface area contributed by atoms with Gasteiger partial charge in [0.25, 0.3) is 0 Å². The predicted octanol–water partition coefficient (Wildman–Crippen LogP) is -1.23. The molecule has 0 aromatic heterocycles. The molecule has 4 unspecified atom stereocenters. The van der Waals surface area contributed by atoms with Gasteiger partial charge in [0.15, 0.2) is 0 Å². The van der Waals surface area contributed by atoms with Crippen LogP contribution >= 0.6 is 11.8 Å². The highest BCUT2D eigenvalue weighted by Gasteiger charge is 2.29. The molecule has 0 bridgehead atoms. The van der Waals surface area contributed by atoms with Gasteiger partial charge in [0.1, 0.15) is 18.1 Å². The van der Waals surface area contributed by atoms with E-state index in [1.807, 2.05) is 20.1 Å². The molecule has 4 atom stereocenters. The van der Waals surface area contributed by atoms with Crippen LogP contribution < -0.4 is 27.4 Å². The van der Waals surface area contributed by atoms with Crippen LogP contribution in [0.4, 0.5) is 0 Å². The molecule has 0 radical (unpaired) electrons. The van der Waals surface area contributed by atoms with E-state index in [9.17, 15) is 29.4 Å². The molecule has 0 rings (SSSR count). The molecule has 3 amide bonds. The minimum atomic E-state index is -1.29. The van der Waals surface area contributed by atoms with Gasteiger partial charge in [0.2, 0.25) is 17.7 Å². The van der Waals surface area contributed by atoms with E-state index in [4.69, 9.17) is 11.5 Å². The quantitative estimate of drug-likeness (QED) is 0.125. The molecule has 11 nitrogen and oxygen atoms in total. The Morgan fingerprint density at radius 2 is 1.47 bits per heavy atom. The van der Waals surface area contributed by atoms with Crippen LogP contribution in [-0.4, -0.2) is 83.2 Å². The van der Waals surface area contributed by atoms with Crippen molar-refractivity contribution in [1.82, 2.24) is 16.0 Å². The van der Waals surface area contributed by atoms with Gasteiger partial charge in [-0.25, -0.2) is 4.79 Å². The van der Waals surface area contributed by atoms with Crippen LogP contribution in [0.5, 0.6) is 0 Å². The number of hydrogen-bond acceptors (Lipinski definition) is 8. The molecule has 0 heterocycles. The zero-order valence-electron chi connectivity index (χ0n) is 19.1. The summed E-state index contributed by atoms with van der Waals surface area (Å²) in [7, 11) is 0. The van der Waals surface area contributed by atoms with E-state index in [2.05, 4.69) is 16.0 Å². The molecule has 0 aromatic rings. The van der Waals surface area contributed by atoms with Gasteiger partial charge < -0.3 is 37.6 Å². The highest BCUT2D eigenvalue weighted by molar-refractivity contribution is 7.98. The summed E-state index contributed by atoms with van der Waals surface area (Å²) < 4.78 is 0. The van der Waals surface area contributed by atoms with Crippen LogP contribution in [-0.2, 0) is 19.2 Å². The second-order valence-electron chi connectivity index (χ2n) is 8.01. The summed E-state index contributed by atoms with van der Waals surface area (Å²) in [6, 6.07) is -4.27. The molecule has 0 aliphatic carbocycles. The molecule has 0 saturated carbocycles. The third kappa shape index (κ3) is 12.2. The highest BCUT2D eigenvalue weighted by Crippen LogP contribution is 2.06. The molecule has 12 heteroatoms. The maximum Gasteiger partial charge on any atom is 0.326 e. The molecule has 32 heavy (non-hydrogen) atoms. The number of carboxylic acids is 1. The standard InChI is InChI=1S/C20H39N5O6S/c1-12(2)10-13(22)17(27)25-16(11-26)19(29)23-14(6-4-5-8-21)18(28)24-15(20(30)31)7-9-32-3/h12-16,26H,4-11,21-22H2,1-3H3,(H,23,29)(H,24,28)(H,25,27)(H,30,31). The molecule has 186 valence electrons. The minimum absolute atomic E-state index is 0.168. The number of carbonyl (C=O) groups is 4. The molecule has 0 aliphatic heterocycles. The van der Waals surface area contributed by atoms with Crippen molar-refractivity contribution < 1.29 is 29.4 Å². The number of aliphatic carboxylic acids is 1. The Hall–Kier alpha value is -1.89. The van der Waals surface area contributed by atoms with Gasteiger partial charge in [-0.1, -0.05) is 13.8 Å². The third-order valence-corrected chi connectivity index (χ3v) is 5.33. The lowest BCUT2D eigenvalue weighted by Gasteiger charge is -2.24. The molecule has 0 aromatic carbocycles. The summed E-state index contributed by atoms with van der Waals surface area (Å²) in [6.45, 7) is 3.51. The first-order valence-electron chi connectivity index (χ1n) is 10.8. The first-order valence-corrected chi connectivity index (χ1v) is 12.2. The van der Waals surface area contributed by atoms with Crippen molar-refractivity contribution in [2.75, 3.05) is 25.2 Å². The Labute approximate surface area is 193 Å². The lowest BCUT2D eigenvalue weighted by Crippen LogP contribution is -2.58. The highest BCUT2D eigenvalue weighted by atomic mass is 32.2. The summed E-state index contributed by atoms with van der Waals surface area (Å²) in [5.41, 5.74) is 11.3. The van der Waals surface area contributed by atoms with Gasteiger partial charge in [-0.15, -0.1) is 0 Å². The Balaban J connectivity index is 5.22. The third-order valence-electron chi connectivity index (χ3n) is 4.68. The second kappa shape index (κ2) is 16.7. The molecule has 0 fully saturated rings. The Morgan fingerprint density at radius 3 is 1.97 bits per heavy atom. The fraction of sp³-hybridized carbons (Fsp3) is 0.800. The lowest BCUT2D eigenvalue weighted by molar-refractivity contribution is -0.142. The van der Waals surface area contributed by atoms with E-state index in [1.54, 1.807) is 0 Å². The van der Waals surface area contributed by atoms with Crippen molar-refractivity contribution in [3.8, 4) is 0 Å². The average Bonchev–Trinajstić information content (AvgIpc) is 2.72. The number of thioether (sulfide) groups is 1. The summed E-state index contributed by atoms with van der Waals surface area (Å²) in [5, 5.41) is 26.3. The number of carbonyl (C=O) groups excluding carboxylic acids is 3. The zero-order valence-corrected chi connectivity index (χ0v) is 20.0. The number of nitrogens with two attached hydrogens (primary N) is 2. The Bertz CT molecular complexity index is 607. The number of nitrogens with one attached hydrogen (secondary N) is 3. The first-order chi connectivity index (χ1) is 15.1. The van der Waals surface area contributed by atoms with Crippen LogP contribution in [0, 0.1) is 5.92 Å². The summed E-state index contributed by atoms with van der Waals surface area (Å²) in [4.78, 5) is 49.0. The number of carboxylic acid groups (broad SMARTS) is 1. The Kier molecular flexibility index (Phi) is 15.7. The van der Waals surface area contributed by atoms with E-state index in [-0.39, 0.29) is 18.8 Å². The zero-order chi connectivity index (χ0) is 24.7. The SMILES string of the molecule is CSCCC(NC(=O)C(CCCCN)NC(=O)C(CO)NC(=O)C(N)CC(C)C)C(=O)O. The van der Waals surface area contributed by atoms with Crippen LogP contribution in [0.25, 0.3) is 0 Å². The molecular formula is C20H39N5O6S. The minimum Gasteiger partial charge on any atom is -0.480 e. The van der Waals surface area contributed by atoms with Crippen LogP contribution in [0.2, 0.25) is 0 Å². The number of aliphatic hydroxyl groups is 1. The Morgan fingerprint density at radius 1 is 0.906 bits per heavy atom. The number of amides is 3. The molecular weight excluding hydrogens is 438 g/mol. The summed E-state index contributed by atoms with van der Waals surface area (Å²) in [5.74, 6) is -2.46. The van der Waals surface area contributed by atoms with Crippen LogP contribution in [0.3, 0.4) is 0 Å². The van der Waals surface area contributed by atoms with Gasteiger partial charge in [-0.2, -0.15) is 11.8 Å². The number of aliphatic hydroxyl groups excluding tert-OH is 1. The van der Waals surface area contributed by atoms with Gasteiger partial charge in [0, 0.05) is 0 Å². The van der Waals surface area contributed by atoms with Gasteiger partial charge >= 0.3 is 5.97 Å². The van der Waals surface area contributed by atoms with Crippen molar-refractivity contribution in [2.24, 2.45) is 17.4 Å². The van der Waals surface area contributed by atoms with E-state index in [1.165, 1.54) is 11.8 Å². The topological polar surface area (TPSA) is 197 Å². The predicted molar refractivity (Wildman–Crippen MR) is 124 cm³/mol. The molecule has 0 saturated heterocycles. The van der Waals surface area contributed by atoms with E-state index < -0.39 is 54.5 Å². The van der Waals surface area contributed by atoms with Gasteiger partial charge in [-0.05, 0) is 56.6 Å². The van der Waals surface area contributed by atoms with Crippen LogP contribution in [0.15, 0.2) is 0 Å². The molecule has 0 spiro atoms. The fourth-order valence-electron chi connectivity index (χ4n) is 2.89. The van der Waals surface area contributed by atoms with Gasteiger partial charge in [0.05, 0.1) is 12.6 Å². The van der Waals surface area contributed by atoms with E-state index in [0.717, 1.165) is 0 Å². The molecule has 0 aliphatic rings. The largest absolute Gasteiger partial charge is 0.480 e. The smallest absolute Gasteiger partial charge is 0.326 e. The second-order valence-corrected chi connectivity index (χ2v) is 8.99. The first kappa shape index (κ1) is 30.1. The van der Waals surface area contributed by atoms with Crippen molar-refractivity contribution in [3.63, 3.8) is 0 Å². The maximum atomic E-state index is 12.7. The molecule has 9 N–H and O–H groups in total. The van der Waals surface area contributed by atoms with Crippen molar-refractivity contribution in [1.29, 1.82) is 0 Å². The number of rotatable bonds is 17. The van der Waals surface area contributed by atoms with Crippen molar-refractivity contribution >= 4 is 35.5 Å². The van der Waals surface area contributed by atoms with E-state index in [0.29, 0.717) is 31.6 Å². The average molecular weight is 478 g/mol. The maximum absolute atomic E-state index is 12.7. The van der Waals surface area contributed by atoms with E-state index >= 15 is 0 Å². The van der Waals surface area contributed by atoms with Crippen molar-refractivity contribution in [3.05, 3.63) is 0 Å². The van der Waals surface area contributed by atoms with Crippen molar-refractivity contribution in [2.45, 2.75) is 70.1 Å².